The Kier molecular flexibility index (Phi) is 7.18. The van der Waals surface area contributed by atoms with Crippen molar-refractivity contribution in [1.29, 1.82) is 0 Å². The van der Waals surface area contributed by atoms with Gasteiger partial charge in [-0.1, -0.05) is 30.3 Å². The van der Waals surface area contributed by atoms with Gasteiger partial charge in [-0.3, -0.25) is 4.79 Å². The summed E-state index contributed by atoms with van der Waals surface area (Å²) in [7, 11) is -3.45. The molecule has 130 valence electrons. The molecule has 1 amide bonds. The van der Waals surface area contributed by atoms with Gasteiger partial charge >= 0.3 is 0 Å². The van der Waals surface area contributed by atoms with Crippen molar-refractivity contribution < 1.29 is 17.9 Å². The number of rotatable bonds is 8. The van der Waals surface area contributed by atoms with Gasteiger partial charge in [-0.15, -0.1) is 0 Å². The van der Waals surface area contributed by atoms with E-state index in [0.29, 0.717) is 19.4 Å². The van der Waals surface area contributed by atoms with Crippen LogP contribution in [0.4, 0.5) is 0 Å². The molecule has 3 N–H and O–H groups in total. The smallest absolute Gasteiger partial charge is 0.253 e. The summed E-state index contributed by atoms with van der Waals surface area (Å²) in [6.07, 6.45) is 0.253. The fourth-order valence-electron chi connectivity index (χ4n) is 1.99. The molecule has 0 aliphatic carbocycles. The Morgan fingerprint density at radius 2 is 1.83 bits per heavy atom. The lowest BCUT2D eigenvalue weighted by molar-refractivity contribution is -0.143. The molecule has 0 heterocycles. The van der Waals surface area contributed by atoms with Crippen molar-refractivity contribution in [3.05, 3.63) is 35.9 Å². The molecule has 0 fully saturated rings. The third-order valence-corrected chi connectivity index (χ3v) is 3.82. The molecule has 0 spiro atoms. The van der Waals surface area contributed by atoms with Crippen LogP contribution in [0.15, 0.2) is 30.3 Å². The van der Waals surface area contributed by atoms with Crippen LogP contribution in [0.5, 0.6) is 0 Å². The van der Waals surface area contributed by atoms with Gasteiger partial charge in [0, 0.05) is 6.54 Å². The highest BCUT2D eigenvalue weighted by Gasteiger charge is 2.26. The van der Waals surface area contributed by atoms with Crippen molar-refractivity contribution in [2.24, 2.45) is 5.14 Å². The van der Waals surface area contributed by atoms with Gasteiger partial charge in [0.1, 0.15) is 0 Å². The summed E-state index contributed by atoms with van der Waals surface area (Å²) >= 11 is 0. The maximum absolute atomic E-state index is 12.4. The summed E-state index contributed by atoms with van der Waals surface area (Å²) in [4.78, 5) is 12.4. The van der Waals surface area contributed by atoms with Crippen LogP contribution in [-0.4, -0.2) is 32.2 Å². The predicted molar refractivity (Wildman–Crippen MR) is 90.2 cm³/mol. The number of nitrogens with two attached hydrogens (primary N) is 1. The molecule has 1 aromatic rings. The third kappa shape index (κ3) is 8.68. The van der Waals surface area contributed by atoms with Gasteiger partial charge in [0.05, 0.1) is 11.4 Å². The molecule has 0 radical (unpaired) electrons. The molecule has 0 aliphatic heterocycles. The number of hydrogen-bond acceptors (Lipinski definition) is 4. The molecule has 0 bridgehead atoms. The highest BCUT2D eigenvalue weighted by atomic mass is 32.2. The van der Waals surface area contributed by atoms with E-state index in [2.05, 4.69) is 5.32 Å². The number of amides is 1. The van der Waals surface area contributed by atoms with E-state index in [4.69, 9.17) is 9.88 Å². The molecule has 0 aliphatic rings. The monoisotopic (exact) mass is 342 g/mol. The van der Waals surface area contributed by atoms with Crippen molar-refractivity contribution in [3.8, 4) is 0 Å². The molecular weight excluding hydrogens is 316 g/mol. The minimum absolute atomic E-state index is 0.0799. The molecule has 0 saturated heterocycles. The topological polar surface area (TPSA) is 98.5 Å². The van der Waals surface area contributed by atoms with Crippen molar-refractivity contribution in [3.63, 3.8) is 0 Å². The van der Waals surface area contributed by atoms with Gasteiger partial charge in [0.2, 0.25) is 10.0 Å². The largest absolute Gasteiger partial charge is 0.358 e. The predicted octanol–water partition coefficient (Wildman–Crippen LogP) is 1.73. The molecule has 1 atom stereocenters. The van der Waals surface area contributed by atoms with Crippen LogP contribution in [-0.2, 0) is 19.6 Å². The molecule has 0 unspecified atom stereocenters. The SMILES string of the molecule is CC(C)(C)O[C@H](C(=O)NCCCCS(N)(=O)=O)c1ccccc1. The Bertz CT molecular complexity index is 594. The first kappa shape index (κ1) is 19.6. The van der Waals surface area contributed by atoms with Crippen LogP contribution in [0, 0.1) is 0 Å². The minimum Gasteiger partial charge on any atom is -0.358 e. The number of carbonyl (C=O) groups excluding carboxylic acids is 1. The number of primary sulfonamides is 1. The van der Waals surface area contributed by atoms with Gasteiger partial charge in [0.25, 0.3) is 5.91 Å². The number of unbranched alkanes of at least 4 members (excludes halogenated alkanes) is 1. The average Bonchev–Trinajstić information content (AvgIpc) is 2.43. The summed E-state index contributed by atoms with van der Waals surface area (Å²) < 4.78 is 27.6. The van der Waals surface area contributed by atoms with E-state index in [1.165, 1.54) is 0 Å². The standard InChI is InChI=1S/C16H26N2O4S/c1-16(2,3)22-14(13-9-5-4-6-10-13)15(19)18-11-7-8-12-23(17,20)21/h4-6,9-10,14H,7-8,11-12H2,1-3H3,(H,18,19)(H2,17,20,21)/t14-/m0/s1. The second kappa shape index (κ2) is 8.42. The molecule has 0 saturated carbocycles. The van der Waals surface area contributed by atoms with Crippen LogP contribution in [0.3, 0.4) is 0 Å². The molecule has 23 heavy (non-hydrogen) atoms. The van der Waals surface area contributed by atoms with Crippen LogP contribution in [0.2, 0.25) is 0 Å². The Balaban J connectivity index is 2.59. The average molecular weight is 342 g/mol. The maximum Gasteiger partial charge on any atom is 0.253 e. The lowest BCUT2D eigenvalue weighted by atomic mass is 10.1. The first-order valence-corrected chi connectivity index (χ1v) is 9.31. The molecule has 1 aromatic carbocycles. The summed E-state index contributed by atoms with van der Waals surface area (Å²) in [6, 6.07) is 9.28. The number of ether oxygens (including phenoxy) is 1. The van der Waals surface area contributed by atoms with Crippen LogP contribution in [0.1, 0.15) is 45.3 Å². The zero-order chi connectivity index (χ0) is 17.5. The van der Waals surface area contributed by atoms with Gasteiger partial charge < -0.3 is 10.1 Å². The van der Waals surface area contributed by atoms with E-state index in [9.17, 15) is 13.2 Å². The summed E-state index contributed by atoms with van der Waals surface area (Å²) in [5, 5.41) is 7.73. The maximum atomic E-state index is 12.4. The Morgan fingerprint density at radius 3 is 2.35 bits per heavy atom. The van der Waals surface area contributed by atoms with Crippen molar-refractivity contribution in [2.75, 3.05) is 12.3 Å². The van der Waals surface area contributed by atoms with E-state index in [-0.39, 0.29) is 11.7 Å². The fraction of sp³-hybridized carbons (Fsp3) is 0.562. The van der Waals surface area contributed by atoms with Gasteiger partial charge in [0.15, 0.2) is 6.10 Å². The number of benzene rings is 1. The minimum atomic E-state index is -3.45. The van der Waals surface area contributed by atoms with E-state index in [1.54, 1.807) is 0 Å². The molecule has 0 aromatic heterocycles. The zero-order valence-corrected chi connectivity index (χ0v) is 14.7. The van der Waals surface area contributed by atoms with Crippen molar-refractivity contribution in [2.45, 2.75) is 45.3 Å². The van der Waals surface area contributed by atoms with E-state index >= 15 is 0 Å². The molecule has 6 nitrogen and oxygen atoms in total. The van der Waals surface area contributed by atoms with E-state index in [0.717, 1.165) is 5.56 Å². The number of carbonyl (C=O) groups is 1. The third-order valence-electron chi connectivity index (χ3n) is 2.97. The second-order valence-electron chi connectivity index (χ2n) is 6.39. The quantitative estimate of drug-likeness (QED) is 0.703. The summed E-state index contributed by atoms with van der Waals surface area (Å²) in [6.45, 7) is 6.05. The van der Waals surface area contributed by atoms with Crippen LogP contribution in [0.25, 0.3) is 0 Å². The van der Waals surface area contributed by atoms with E-state index in [1.807, 2.05) is 51.1 Å². The molecule has 1 rings (SSSR count). The number of nitrogens with one attached hydrogen (secondary N) is 1. The highest BCUT2D eigenvalue weighted by molar-refractivity contribution is 7.89. The second-order valence-corrected chi connectivity index (χ2v) is 8.12. The van der Waals surface area contributed by atoms with Gasteiger partial charge in [-0.05, 0) is 39.2 Å². The van der Waals surface area contributed by atoms with Gasteiger partial charge in [-0.25, -0.2) is 13.6 Å². The van der Waals surface area contributed by atoms with Gasteiger partial charge in [-0.2, -0.15) is 0 Å². The van der Waals surface area contributed by atoms with Crippen LogP contribution >= 0.6 is 0 Å². The first-order chi connectivity index (χ1) is 10.6. The Morgan fingerprint density at radius 1 is 1.22 bits per heavy atom. The lowest BCUT2D eigenvalue weighted by Gasteiger charge is -2.27. The lowest BCUT2D eigenvalue weighted by Crippen LogP contribution is -2.35. The number of sulfonamides is 1. The Hall–Kier alpha value is -1.44. The first-order valence-electron chi connectivity index (χ1n) is 7.59. The van der Waals surface area contributed by atoms with Crippen molar-refractivity contribution in [1.82, 2.24) is 5.32 Å². The summed E-state index contributed by atoms with van der Waals surface area (Å²) in [5.74, 6) is -0.314. The Labute approximate surface area is 138 Å². The highest BCUT2D eigenvalue weighted by Crippen LogP contribution is 2.24. The fourth-order valence-corrected chi connectivity index (χ4v) is 2.59. The zero-order valence-electron chi connectivity index (χ0n) is 13.9. The normalized spacial score (nSPS) is 13.6. The molecule has 7 heteroatoms. The van der Waals surface area contributed by atoms with Crippen LogP contribution < -0.4 is 10.5 Å². The molecular formula is C16H26N2O4S. The van der Waals surface area contributed by atoms with Crippen molar-refractivity contribution >= 4 is 15.9 Å². The van der Waals surface area contributed by atoms with E-state index < -0.39 is 21.7 Å². The summed E-state index contributed by atoms with van der Waals surface area (Å²) in [5.41, 5.74) is 0.315. The number of hydrogen-bond donors (Lipinski definition) is 2.